The van der Waals surface area contributed by atoms with Gasteiger partial charge >= 0.3 is 0 Å². The molecule has 16 atom stereocenters. The predicted octanol–water partition coefficient (Wildman–Crippen LogP) is -4.61. The van der Waals surface area contributed by atoms with E-state index in [0.29, 0.717) is 58.9 Å². The number of likely N-dealkylation sites (N-methyl/N-ethyl adjacent to an activating group) is 3. The number of benzene rings is 2. The standard InChI is InChI=1S/C89H128N24O20S/c1-9-11-18-68-82(126)102-60(30-32-91)79(123)108-67(77(121)98-43-74(94)118)45-134-46-75(119)100-64(34-51-23-25-55(114)26-24-51)85(129)109(6)50(5)76(120)106-66(39-73(93)117)88(132)112-33-15-20-69(112)83(127)105-63(37-54-42-95-47-99-54)81(125)103-61(27-28-72(92)116)87(131)113-44-56(115)38-71(113)84(128)104-62(35-52-40-96-49(4)22-21-48(52)3)80(124)101-59(29-31-90)78(122)107-65(36-53-41-97-58-17-14-13-16-57(53)58)86(130)111(8)70(19-12-10-2)89(133)110(68)7/h13-14,16-17,21-26,40-42,47,49-50,56,59-71,96-97,114-115H,3,9-12,15,18-20,27-39,43-46,90-91H2,1-2,4-8H3,(H2,92,116)(H2,93,117)(H2,94,118)(H,95,99)(H,98,121)(H,100,119)(H,101,124)(H,102,126)(H,103,125)(H,104,128)(H,105,127)(H,106,120)(H,107,122)(H,108,123)/t49?,50?,56-,59+,60+,61+,62+,63+,64+,65+,66+,67+,68+,69?,70+,71+/m1/s1. The second-order valence-electron chi connectivity index (χ2n) is 34.0. The fraction of sp³-hybridized carbons (Fsp3) is 0.539. The first kappa shape index (κ1) is 106. The number of imidazole rings is 1. The highest BCUT2D eigenvalue weighted by Crippen LogP contribution is 2.28. The van der Waals surface area contributed by atoms with Gasteiger partial charge in [0.25, 0.3) is 0 Å². The summed E-state index contributed by atoms with van der Waals surface area (Å²) in [6.45, 7) is 9.04. The maximum Gasteiger partial charge on any atom is 0.246 e. The fourth-order valence-electron chi connectivity index (χ4n) is 16.2. The molecule has 4 aliphatic heterocycles. The van der Waals surface area contributed by atoms with E-state index in [-0.39, 0.29) is 101 Å². The summed E-state index contributed by atoms with van der Waals surface area (Å²) < 4.78 is 0. The van der Waals surface area contributed by atoms with E-state index in [9.17, 15) is 58.2 Å². The summed E-state index contributed by atoms with van der Waals surface area (Å²) in [5.41, 5.74) is 31.7. The first-order chi connectivity index (χ1) is 63.7. The number of unbranched alkanes of at least 4 members (excludes halogenated alkanes) is 2. The summed E-state index contributed by atoms with van der Waals surface area (Å²) in [5, 5.41) is 51.8. The van der Waals surface area contributed by atoms with Crippen molar-refractivity contribution in [1.82, 2.24) is 97.9 Å². The van der Waals surface area contributed by atoms with E-state index >= 15 is 38.4 Å². The van der Waals surface area contributed by atoms with Crippen molar-refractivity contribution in [1.29, 1.82) is 0 Å². The van der Waals surface area contributed by atoms with E-state index in [4.69, 9.17) is 28.7 Å². The molecule has 0 radical (unpaired) electrons. The van der Waals surface area contributed by atoms with Crippen molar-refractivity contribution in [3.63, 3.8) is 0 Å². The molecule has 3 unspecified atom stereocenters. The predicted molar refractivity (Wildman–Crippen MR) is 491 cm³/mol. The highest BCUT2D eigenvalue weighted by molar-refractivity contribution is 8.00. The summed E-state index contributed by atoms with van der Waals surface area (Å²) in [7, 11) is 3.92. The number of fused-ring (bicyclic) bond motifs is 3. The number of para-hydroxylation sites is 1. The highest BCUT2D eigenvalue weighted by Gasteiger charge is 2.47. The number of hydrogen-bond acceptors (Lipinski definition) is 25. The molecule has 18 amide bonds. The van der Waals surface area contributed by atoms with Gasteiger partial charge in [0, 0.05) is 120 Å². The molecule has 44 nitrogen and oxygen atoms in total. The lowest BCUT2D eigenvalue weighted by Gasteiger charge is -2.36. The van der Waals surface area contributed by atoms with Gasteiger partial charge in [-0.25, -0.2) is 4.98 Å². The molecule has 0 bridgehead atoms. The van der Waals surface area contributed by atoms with Gasteiger partial charge in [-0.05, 0) is 112 Å². The lowest BCUT2D eigenvalue weighted by Crippen LogP contribution is -2.61. The normalized spacial score (nSPS) is 25.9. The van der Waals surface area contributed by atoms with Crippen LogP contribution in [0.1, 0.15) is 141 Å². The van der Waals surface area contributed by atoms with Crippen LogP contribution in [0.3, 0.4) is 0 Å². The van der Waals surface area contributed by atoms with Gasteiger partial charge in [-0.1, -0.05) is 88.6 Å². The Labute approximate surface area is 779 Å². The summed E-state index contributed by atoms with van der Waals surface area (Å²) >= 11 is 0.765. The molecule has 25 N–H and O–H groups in total. The fourth-order valence-corrected chi connectivity index (χ4v) is 17.0. The molecule has 134 heavy (non-hydrogen) atoms. The number of allylic oxidation sites excluding steroid dienone is 2. The topological polar surface area (TPSA) is 671 Å². The second kappa shape index (κ2) is 51.1. The lowest BCUT2D eigenvalue weighted by molar-refractivity contribution is -0.149. The van der Waals surface area contributed by atoms with Crippen molar-refractivity contribution in [2.45, 2.75) is 240 Å². The smallest absolute Gasteiger partial charge is 0.246 e. The number of aromatic hydroxyl groups is 1. The van der Waals surface area contributed by atoms with Gasteiger partial charge in [0.15, 0.2) is 0 Å². The van der Waals surface area contributed by atoms with Crippen LogP contribution in [-0.4, -0.2) is 318 Å². The Morgan fingerprint density at radius 1 is 0.575 bits per heavy atom. The molecule has 0 aliphatic carbocycles. The number of thioether (sulfide) groups is 1. The van der Waals surface area contributed by atoms with Gasteiger partial charge in [-0.15, -0.1) is 11.8 Å². The molecular formula is C89H128N24O20S. The third kappa shape index (κ3) is 30.1. The molecule has 2 aromatic carbocycles. The first-order valence-corrected chi connectivity index (χ1v) is 46.0. The zero-order valence-electron chi connectivity index (χ0n) is 76.4. The number of carbonyl (C=O) groups is 18. The number of carbonyl (C=O) groups excluding carboxylic acids is 18. The van der Waals surface area contributed by atoms with Crippen molar-refractivity contribution in [3.8, 4) is 5.75 Å². The van der Waals surface area contributed by atoms with Crippen LogP contribution in [0.2, 0.25) is 0 Å². The van der Waals surface area contributed by atoms with Gasteiger partial charge in [-0.3, -0.25) is 86.3 Å². The van der Waals surface area contributed by atoms with Crippen molar-refractivity contribution in [2.75, 3.05) is 65.4 Å². The van der Waals surface area contributed by atoms with Gasteiger partial charge in [0.2, 0.25) is 106 Å². The summed E-state index contributed by atoms with van der Waals surface area (Å²) in [6.07, 6.45) is 5.43. The Hall–Kier alpha value is -13.3. The van der Waals surface area contributed by atoms with E-state index in [1.54, 1.807) is 48.8 Å². The van der Waals surface area contributed by atoms with Crippen LogP contribution >= 0.6 is 11.8 Å². The van der Waals surface area contributed by atoms with Crippen LogP contribution < -0.4 is 87.2 Å². The van der Waals surface area contributed by atoms with E-state index in [1.807, 2.05) is 20.8 Å². The number of rotatable bonds is 26. The molecule has 8 rings (SSSR count). The Balaban J connectivity index is 1.20. The monoisotopic (exact) mass is 1880 g/mol. The van der Waals surface area contributed by atoms with Crippen molar-refractivity contribution < 1.29 is 96.5 Å². The Bertz CT molecular complexity index is 4950. The molecule has 4 aromatic rings. The van der Waals surface area contributed by atoms with Crippen molar-refractivity contribution >= 4 is 129 Å². The zero-order valence-corrected chi connectivity index (χ0v) is 77.2. The summed E-state index contributed by atoms with van der Waals surface area (Å²) in [5.74, 6) is -18.4. The number of nitrogens with two attached hydrogens (primary N) is 5. The lowest BCUT2D eigenvalue weighted by atomic mass is 9.98. The van der Waals surface area contributed by atoms with Crippen molar-refractivity contribution in [2.24, 2.45) is 28.7 Å². The second-order valence-corrected chi connectivity index (χ2v) is 35.0. The molecule has 3 saturated heterocycles. The van der Waals surface area contributed by atoms with Crippen LogP contribution in [0.25, 0.3) is 10.9 Å². The van der Waals surface area contributed by atoms with Crippen LogP contribution in [0.15, 0.2) is 103 Å². The third-order valence-electron chi connectivity index (χ3n) is 23.9. The number of H-pyrrole nitrogens is 2. The summed E-state index contributed by atoms with van der Waals surface area (Å²) in [4.78, 5) is 278. The number of aromatic nitrogens is 3. The molecule has 0 saturated carbocycles. The number of phenolic OH excluding ortho intramolecular Hbond substituents is 1. The SMILES string of the molecule is C=C1C=CC(C)NC=C1C[C@@H]1NC(=O)[C@@H]2C[C@@H](O)CN2C(=O)[C@H](CCC(N)=O)NC(=O)[C@H](Cc2cnc[nH]2)NC(=O)C2CCCN2C(=O)[C@H](CC(N)=O)NC(=O)C(C)N(C)C(=O)[C@H](Cc2ccc(O)cc2)NC(=O)CSC[C@@H](C(=O)NCC(N)=O)NC(=O)[C@H](CCN)NC(=O)[C@H](CCCC)N(C)C(=O)[C@H](CCCC)N(C)C(=O)[C@H](Cc2c[nH]c3ccccc23)NC(=O)[C@H](CCN)NC1=O. The number of phenols is 1. The molecule has 45 heteroatoms. The molecule has 4 aliphatic rings. The average Bonchev–Trinajstić information content (AvgIpc) is 1.71. The van der Waals surface area contributed by atoms with E-state index in [0.717, 1.165) is 36.3 Å². The average molecular weight is 1890 g/mol. The number of hydrogen-bond donors (Lipinski definition) is 20. The minimum atomic E-state index is -1.81. The van der Waals surface area contributed by atoms with Gasteiger partial charge in [0.1, 0.15) is 90.3 Å². The van der Waals surface area contributed by atoms with Crippen molar-refractivity contribution in [3.05, 3.63) is 120 Å². The first-order valence-electron chi connectivity index (χ1n) is 44.8. The number of aliphatic hydroxyl groups is 1. The number of nitrogens with one attached hydrogen (secondary N) is 13. The minimum Gasteiger partial charge on any atom is -0.508 e. The van der Waals surface area contributed by atoms with Crippen LogP contribution in [0, 0.1) is 0 Å². The van der Waals surface area contributed by atoms with Crippen LogP contribution in [0.5, 0.6) is 5.75 Å². The van der Waals surface area contributed by atoms with Gasteiger partial charge in [-0.2, -0.15) is 0 Å². The molecule has 3 fully saturated rings. The van der Waals surface area contributed by atoms with Crippen LogP contribution in [-0.2, 0) is 106 Å². The largest absolute Gasteiger partial charge is 0.508 e. The Morgan fingerprint density at radius 3 is 1.78 bits per heavy atom. The number of primary amides is 3. The molecule has 6 heterocycles. The number of amides is 18. The minimum absolute atomic E-state index is 0.00133. The van der Waals surface area contributed by atoms with Gasteiger partial charge < -0.3 is 132 Å². The van der Waals surface area contributed by atoms with E-state index in [1.165, 1.54) is 64.9 Å². The van der Waals surface area contributed by atoms with E-state index < -0.39 is 247 Å². The number of nitrogens with zero attached hydrogens (tertiary/aromatic N) is 6. The quantitative estimate of drug-likeness (QED) is 0.0281. The maximum absolute atomic E-state index is 15.8. The van der Waals surface area contributed by atoms with Crippen LogP contribution in [0.4, 0.5) is 0 Å². The number of aliphatic hydroxyl groups excluding tert-OH is 1. The third-order valence-corrected chi connectivity index (χ3v) is 24.9. The van der Waals surface area contributed by atoms with E-state index in [2.05, 4.69) is 80.0 Å². The molecule has 730 valence electrons. The maximum atomic E-state index is 15.8. The molecular weight excluding hydrogens is 1760 g/mol. The van der Waals surface area contributed by atoms with Gasteiger partial charge in [0.05, 0.1) is 31.1 Å². The zero-order chi connectivity index (χ0) is 98.3. The number of aromatic amines is 2. The summed E-state index contributed by atoms with van der Waals surface area (Å²) in [6, 6.07) is -9.64. The Morgan fingerprint density at radius 2 is 1.15 bits per heavy atom. The highest BCUT2D eigenvalue weighted by atomic mass is 32.2. The molecule has 0 spiro atoms. The molecule has 2 aromatic heterocycles. The Kier molecular flexibility index (Phi) is 40.4.